The van der Waals surface area contributed by atoms with Crippen LogP contribution in [0.5, 0.6) is 5.75 Å². The molecular formula is C11H14BrFO2. The van der Waals surface area contributed by atoms with Crippen LogP contribution < -0.4 is 4.74 Å². The molecule has 1 rings (SSSR count). The van der Waals surface area contributed by atoms with Gasteiger partial charge in [-0.15, -0.1) is 0 Å². The van der Waals surface area contributed by atoms with Crippen molar-refractivity contribution in [2.24, 2.45) is 0 Å². The van der Waals surface area contributed by atoms with Gasteiger partial charge in [-0.05, 0) is 31.5 Å². The van der Waals surface area contributed by atoms with E-state index in [9.17, 15) is 9.50 Å². The van der Waals surface area contributed by atoms with Crippen molar-refractivity contribution in [3.8, 4) is 5.75 Å². The molecule has 1 aromatic carbocycles. The second kappa shape index (κ2) is 4.94. The van der Waals surface area contributed by atoms with E-state index in [0.717, 1.165) is 0 Å². The van der Waals surface area contributed by atoms with Crippen LogP contribution in [-0.4, -0.2) is 17.3 Å². The third kappa shape index (κ3) is 3.80. The molecule has 2 nitrogen and oxygen atoms in total. The maximum atomic E-state index is 13.3. The van der Waals surface area contributed by atoms with Gasteiger partial charge < -0.3 is 9.84 Å². The molecule has 0 radical (unpaired) electrons. The molecule has 1 atom stereocenters. The van der Waals surface area contributed by atoms with Gasteiger partial charge in [0.05, 0.1) is 5.60 Å². The zero-order valence-electron chi connectivity index (χ0n) is 8.76. The van der Waals surface area contributed by atoms with Crippen LogP contribution in [0.4, 0.5) is 4.39 Å². The molecule has 0 fully saturated rings. The highest BCUT2D eigenvalue weighted by atomic mass is 79.9. The molecule has 0 aliphatic rings. The fourth-order valence-corrected chi connectivity index (χ4v) is 1.26. The van der Waals surface area contributed by atoms with Crippen LogP contribution in [0.3, 0.4) is 0 Å². The minimum Gasteiger partial charge on any atom is -0.488 e. The van der Waals surface area contributed by atoms with Gasteiger partial charge in [-0.25, -0.2) is 4.39 Å². The molecule has 0 amide bonds. The first kappa shape index (κ1) is 12.5. The van der Waals surface area contributed by atoms with Gasteiger partial charge in [-0.2, -0.15) is 0 Å². The van der Waals surface area contributed by atoms with E-state index in [1.807, 2.05) is 6.92 Å². The Labute approximate surface area is 97.2 Å². The van der Waals surface area contributed by atoms with Crippen LogP contribution in [0.1, 0.15) is 20.3 Å². The Bertz CT molecular complexity index is 339. The highest BCUT2D eigenvalue weighted by Gasteiger charge is 2.19. The van der Waals surface area contributed by atoms with E-state index in [4.69, 9.17) is 4.74 Å². The van der Waals surface area contributed by atoms with Gasteiger partial charge in [0, 0.05) is 4.47 Å². The second-order valence-corrected chi connectivity index (χ2v) is 4.63. The monoisotopic (exact) mass is 276 g/mol. The van der Waals surface area contributed by atoms with Crippen molar-refractivity contribution in [3.63, 3.8) is 0 Å². The lowest BCUT2D eigenvalue weighted by Crippen LogP contribution is -2.31. The van der Waals surface area contributed by atoms with Crippen molar-refractivity contribution in [2.45, 2.75) is 25.9 Å². The van der Waals surface area contributed by atoms with E-state index in [1.54, 1.807) is 13.0 Å². The van der Waals surface area contributed by atoms with Crippen LogP contribution in [0, 0.1) is 5.82 Å². The van der Waals surface area contributed by atoms with E-state index < -0.39 is 11.4 Å². The fraction of sp³-hybridized carbons (Fsp3) is 0.455. The van der Waals surface area contributed by atoms with Crippen molar-refractivity contribution in [3.05, 3.63) is 28.5 Å². The van der Waals surface area contributed by atoms with E-state index in [0.29, 0.717) is 10.9 Å². The first-order valence-corrected chi connectivity index (χ1v) is 5.54. The lowest BCUT2D eigenvalue weighted by molar-refractivity contribution is 0.00733. The first-order valence-electron chi connectivity index (χ1n) is 4.75. The summed E-state index contributed by atoms with van der Waals surface area (Å²) >= 11 is 3.16. The third-order valence-corrected chi connectivity index (χ3v) is 2.69. The number of hydrogen-bond acceptors (Lipinski definition) is 2. The lowest BCUT2D eigenvalue weighted by Gasteiger charge is -2.21. The summed E-state index contributed by atoms with van der Waals surface area (Å²) < 4.78 is 19.2. The predicted molar refractivity (Wildman–Crippen MR) is 60.5 cm³/mol. The van der Waals surface area contributed by atoms with Crippen molar-refractivity contribution in [1.82, 2.24) is 0 Å². The Morgan fingerprint density at radius 1 is 1.53 bits per heavy atom. The molecule has 0 saturated heterocycles. The quantitative estimate of drug-likeness (QED) is 0.916. The summed E-state index contributed by atoms with van der Waals surface area (Å²) in [6, 6.07) is 4.56. The fourth-order valence-electron chi connectivity index (χ4n) is 0.928. The second-order valence-electron chi connectivity index (χ2n) is 3.71. The average molecular weight is 277 g/mol. The minimum atomic E-state index is -0.917. The summed E-state index contributed by atoms with van der Waals surface area (Å²) in [7, 11) is 0. The number of halogens is 2. The van der Waals surface area contributed by atoms with Crippen LogP contribution >= 0.6 is 15.9 Å². The van der Waals surface area contributed by atoms with Gasteiger partial charge >= 0.3 is 0 Å². The van der Waals surface area contributed by atoms with Gasteiger partial charge in [0.25, 0.3) is 0 Å². The normalized spacial score (nSPS) is 14.7. The molecule has 4 heteroatoms. The summed E-state index contributed by atoms with van der Waals surface area (Å²) in [4.78, 5) is 0. The predicted octanol–water partition coefficient (Wildman–Crippen LogP) is 3.13. The summed E-state index contributed by atoms with van der Waals surface area (Å²) in [6.45, 7) is 3.59. The van der Waals surface area contributed by atoms with Gasteiger partial charge in [0.15, 0.2) is 11.6 Å². The number of rotatable bonds is 4. The van der Waals surface area contributed by atoms with Crippen LogP contribution in [0.25, 0.3) is 0 Å². The van der Waals surface area contributed by atoms with E-state index in [-0.39, 0.29) is 12.4 Å². The van der Waals surface area contributed by atoms with Crippen molar-refractivity contribution >= 4 is 15.9 Å². The molecule has 84 valence electrons. The Balaban J connectivity index is 2.66. The smallest absolute Gasteiger partial charge is 0.166 e. The number of benzene rings is 1. The number of aliphatic hydroxyl groups is 1. The number of hydrogen-bond donors (Lipinski definition) is 1. The summed E-state index contributed by atoms with van der Waals surface area (Å²) in [6.07, 6.45) is 0.561. The number of ether oxygens (including phenoxy) is 1. The zero-order valence-corrected chi connectivity index (χ0v) is 10.3. The molecule has 0 saturated carbocycles. The minimum absolute atomic E-state index is 0.0854. The van der Waals surface area contributed by atoms with Gasteiger partial charge in [0.1, 0.15) is 6.61 Å². The van der Waals surface area contributed by atoms with E-state index >= 15 is 0 Å². The van der Waals surface area contributed by atoms with E-state index in [1.165, 1.54) is 12.1 Å². The molecular weight excluding hydrogens is 263 g/mol. The standard InChI is InChI=1S/C11H14BrFO2/c1-3-11(2,14)7-15-10-5-4-8(12)6-9(10)13/h4-6,14H,3,7H2,1-2H3. The molecule has 0 aromatic heterocycles. The SMILES string of the molecule is CCC(C)(O)COc1ccc(Br)cc1F. The maximum absolute atomic E-state index is 13.3. The zero-order chi connectivity index (χ0) is 11.5. The molecule has 0 heterocycles. The summed E-state index contributed by atoms with van der Waals surface area (Å²) in [5.74, 6) is -0.275. The maximum Gasteiger partial charge on any atom is 0.166 e. The molecule has 0 bridgehead atoms. The lowest BCUT2D eigenvalue weighted by atomic mass is 10.1. The Hall–Kier alpha value is -0.610. The molecule has 1 N–H and O–H groups in total. The largest absolute Gasteiger partial charge is 0.488 e. The molecule has 15 heavy (non-hydrogen) atoms. The highest BCUT2D eigenvalue weighted by Crippen LogP contribution is 2.22. The average Bonchev–Trinajstić information content (AvgIpc) is 2.16. The van der Waals surface area contributed by atoms with E-state index in [2.05, 4.69) is 15.9 Å². The highest BCUT2D eigenvalue weighted by molar-refractivity contribution is 9.10. The van der Waals surface area contributed by atoms with Crippen molar-refractivity contribution in [1.29, 1.82) is 0 Å². The van der Waals surface area contributed by atoms with Crippen molar-refractivity contribution in [2.75, 3.05) is 6.61 Å². The summed E-state index contributed by atoms with van der Waals surface area (Å²) in [5, 5.41) is 9.67. The molecule has 0 aliphatic carbocycles. The Morgan fingerprint density at radius 3 is 2.73 bits per heavy atom. The van der Waals surface area contributed by atoms with Crippen molar-refractivity contribution < 1.29 is 14.2 Å². The van der Waals surface area contributed by atoms with Gasteiger partial charge in [-0.3, -0.25) is 0 Å². The molecule has 0 spiro atoms. The van der Waals surface area contributed by atoms with Crippen LogP contribution in [0.2, 0.25) is 0 Å². The topological polar surface area (TPSA) is 29.5 Å². The molecule has 1 unspecified atom stereocenters. The molecule has 0 aliphatic heterocycles. The Morgan fingerprint density at radius 2 is 2.20 bits per heavy atom. The van der Waals surface area contributed by atoms with Gasteiger partial charge in [-0.1, -0.05) is 22.9 Å². The van der Waals surface area contributed by atoms with Crippen LogP contribution in [0.15, 0.2) is 22.7 Å². The van der Waals surface area contributed by atoms with Gasteiger partial charge in [0.2, 0.25) is 0 Å². The third-order valence-electron chi connectivity index (χ3n) is 2.19. The summed E-state index contributed by atoms with van der Waals surface area (Å²) in [5.41, 5.74) is -0.917. The molecule has 1 aromatic rings. The Kier molecular flexibility index (Phi) is 4.11. The van der Waals surface area contributed by atoms with Crippen LogP contribution in [-0.2, 0) is 0 Å². The first-order chi connectivity index (χ1) is 6.94.